The third kappa shape index (κ3) is 5.40. The van der Waals surface area contributed by atoms with Crippen LogP contribution in [0.1, 0.15) is 19.8 Å². The summed E-state index contributed by atoms with van der Waals surface area (Å²) in [6.45, 7) is 1.83. The number of hydrogen-bond donors (Lipinski definition) is 3. The molecule has 0 aliphatic heterocycles. The fourth-order valence-electron chi connectivity index (χ4n) is 0.886. The number of carboxylic acid groups (broad SMARTS) is 1. The van der Waals surface area contributed by atoms with Crippen molar-refractivity contribution in [3.05, 3.63) is 11.7 Å². The molecule has 0 rings (SSSR count). The summed E-state index contributed by atoms with van der Waals surface area (Å²) in [5, 5.41) is 8.34. The number of carboxylic acids is 1. The molecular formula is C9H15F2N3O2. The van der Waals surface area contributed by atoms with Crippen LogP contribution in [0.3, 0.4) is 0 Å². The quantitative estimate of drug-likeness (QED) is 0.358. The third-order valence-electron chi connectivity index (χ3n) is 1.71. The minimum absolute atomic E-state index is 0.236. The van der Waals surface area contributed by atoms with Crippen molar-refractivity contribution in [3.63, 3.8) is 0 Å². The van der Waals surface area contributed by atoms with Crippen LogP contribution in [-0.2, 0) is 4.79 Å². The van der Waals surface area contributed by atoms with Crippen molar-refractivity contribution < 1.29 is 18.7 Å². The smallest absolute Gasteiger partial charge is 0.327 e. The SMILES string of the molecule is CC(N)=NCCCC(F)=C(F)C(N)C(=O)O. The predicted octanol–water partition coefficient (Wildman–Crippen LogP) is 0.706. The Labute approximate surface area is 91.8 Å². The molecule has 1 unspecified atom stereocenters. The zero-order chi connectivity index (χ0) is 12.7. The van der Waals surface area contributed by atoms with Gasteiger partial charge in [0.2, 0.25) is 0 Å². The highest BCUT2D eigenvalue weighted by Gasteiger charge is 2.21. The highest BCUT2D eigenvalue weighted by molar-refractivity contribution is 5.77. The molecule has 0 amide bonds. The average molecular weight is 235 g/mol. The van der Waals surface area contributed by atoms with E-state index in [0.717, 1.165) is 0 Å². The van der Waals surface area contributed by atoms with Gasteiger partial charge in [-0.2, -0.15) is 0 Å². The number of hydrogen-bond acceptors (Lipinski definition) is 3. The number of halogens is 2. The van der Waals surface area contributed by atoms with Crippen LogP contribution in [0.25, 0.3) is 0 Å². The Balaban J connectivity index is 4.22. The first-order valence-corrected chi connectivity index (χ1v) is 4.65. The first-order chi connectivity index (χ1) is 7.36. The summed E-state index contributed by atoms with van der Waals surface area (Å²) in [6.07, 6.45) is -0.0102. The summed E-state index contributed by atoms with van der Waals surface area (Å²) in [4.78, 5) is 14.0. The third-order valence-corrected chi connectivity index (χ3v) is 1.71. The number of aliphatic carboxylic acids is 1. The first-order valence-electron chi connectivity index (χ1n) is 4.65. The molecule has 0 aliphatic carbocycles. The number of aliphatic imine (C=N–C) groups is 1. The second-order valence-corrected chi connectivity index (χ2v) is 3.20. The monoisotopic (exact) mass is 235 g/mol. The van der Waals surface area contributed by atoms with Crippen LogP contribution in [0.5, 0.6) is 0 Å². The highest BCUT2D eigenvalue weighted by Crippen LogP contribution is 2.16. The molecule has 0 bridgehead atoms. The van der Waals surface area contributed by atoms with Gasteiger partial charge in [-0.15, -0.1) is 0 Å². The van der Waals surface area contributed by atoms with Crippen LogP contribution in [0, 0.1) is 0 Å². The molecule has 0 spiro atoms. The van der Waals surface area contributed by atoms with Gasteiger partial charge >= 0.3 is 5.97 Å². The number of rotatable bonds is 6. The normalized spacial score (nSPS) is 15.6. The van der Waals surface area contributed by atoms with Crippen LogP contribution >= 0.6 is 0 Å². The highest BCUT2D eigenvalue weighted by atomic mass is 19.2. The van der Waals surface area contributed by atoms with Crippen LogP contribution in [0.4, 0.5) is 8.78 Å². The number of carbonyl (C=O) groups is 1. The molecule has 5 N–H and O–H groups in total. The molecule has 7 heteroatoms. The number of amidine groups is 1. The number of allylic oxidation sites excluding steroid dienone is 1. The maximum absolute atomic E-state index is 13.0. The van der Waals surface area contributed by atoms with E-state index in [9.17, 15) is 13.6 Å². The van der Waals surface area contributed by atoms with E-state index in [0.29, 0.717) is 5.84 Å². The fourth-order valence-corrected chi connectivity index (χ4v) is 0.886. The molecular weight excluding hydrogens is 220 g/mol. The lowest BCUT2D eigenvalue weighted by atomic mass is 10.2. The molecule has 0 saturated heterocycles. The Bertz CT molecular complexity index is 312. The average Bonchev–Trinajstić information content (AvgIpc) is 2.21. The Morgan fingerprint density at radius 3 is 2.50 bits per heavy atom. The summed E-state index contributed by atoms with van der Waals surface area (Å²) in [7, 11) is 0. The lowest BCUT2D eigenvalue weighted by molar-refractivity contribution is -0.138. The summed E-state index contributed by atoms with van der Waals surface area (Å²) < 4.78 is 26.0. The first kappa shape index (κ1) is 14.5. The summed E-state index contributed by atoms with van der Waals surface area (Å²) in [5.74, 6) is -3.85. The molecule has 0 heterocycles. The van der Waals surface area contributed by atoms with Crippen LogP contribution < -0.4 is 11.5 Å². The van der Waals surface area contributed by atoms with E-state index in [4.69, 9.17) is 16.6 Å². The zero-order valence-electron chi connectivity index (χ0n) is 8.91. The van der Waals surface area contributed by atoms with Crippen molar-refractivity contribution in [2.75, 3.05) is 6.54 Å². The van der Waals surface area contributed by atoms with Crippen molar-refractivity contribution in [2.24, 2.45) is 16.5 Å². The van der Waals surface area contributed by atoms with Crippen LogP contribution in [0.15, 0.2) is 16.6 Å². The van der Waals surface area contributed by atoms with Gasteiger partial charge < -0.3 is 16.6 Å². The van der Waals surface area contributed by atoms with Gasteiger partial charge in [-0.05, 0) is 13.3 Å². The van der Waals surface area contributed by atoms with E-state index >= 15 is 0 Å². The lowest BCUT2D eigenvalue weighted by Crippen LogP contribution is -2.31. The van der Waals surface area contributed by atoms with Crippen molar-refractivity contribution in [3.8, 4) is 0 Å². The number of nitrogens with zero attached hydrogens (tertiary/aromatic N) is 1. The van der Waals surface area contributed by atoms with E-state index in [2.05, 4.69) is 4.99 Å². The fraction of sp³-hybridized carbons (Fsp3) is 0.556. The van der Waals surface area contributed by atoms with Gasteiger partial charge in [-0.3, -0.25) is 9.79 Å². The minimum atomic E-state index is -1.94. The van der Waals surface area contributed by atoms with Gasteiger partial charge in [-0.25, -0.2) is 8.78 Å². The van der Waals surface area contributed by atoms with Gasteiger partial charge in [0.25, 0.3) is 0 Å². The topological polar surface area (TPSA) is 102 Å². The minimum Gasteiger partial charge on any atom is -0.480 e. The Morgan fingerprint density at radius 2 is 2.06 bits per heavy atom. The summed E-state index contributed by atoms with van der Waals surface area (Å²) >= 11 is 0. The molecule has 0 aromatic rings. The zero-order valence-corrected chi connectivity index (χ0v) is 8.91. The van der Waals surface area contributed by atoms with Gasteiger partial charge in [-0.1, -0.05) is 0 Å². The molecule has 16 heavy (non-hydrogen) atoms. The second kappa shape index (κ2) is 6.89. The van der Waals surface area contributed by atoms with Crippen molar-refractivity contribution in [1.29, 1.82) is 0 Å². The van der Waals surface area contributed by atoms with E-state index in [1.807, 2.05) is 0 Å². The van der Waals surface area contributed by atoms with Crippen LogP contribution in [0.2, 0.25) is 0 Å². The Hall–Kier alpha value is -1.50. The maximum Gasteiger partial charge on any atom is 0.327 e. The number of nitrogens with two attached hydrogens (primary N) is 2. The molecule has 1 atom stereocenters. The Morgan fingerprint density at radius 1 is 1.50 bits per heavy atom. The standard InChI is InChI=1S/C9H15F2N3O2/c1-5(12)14-4-2-3-6(10)7(11)8(13)9(15)16/h8H,2-4,13H2,1H3,(H2,12,14)(H,15,16). The van der Waals surface area contributed by atoms with Crippen molar-refractivity contribution in [1.82, 2.24) is 0 Å². The molecule has 0 aliphatic rings. The van der Waals surface area contributed by atoms with E-state index < -0.39 is 23.7 Å². The van der Waals surface area contributed by atoms with Crippen LogP contribution in [-0.4, -0.2) is 29.5 Å². The van der Waals surface area contributed by atoms with E-state index in [-0.39, 0.29) is 19.4 Å². The maximum atomic E-state index is 13.0. The van der Waals surface area contributed by atoms with Gasteiger partial charge in [0.15, 0.2) is 11.9 Å². The molecule has 0 aromatic heterocycles. The van der Waals surface area contributed by atoms with Gasteiger partial charge in [0.05, 0.1) is 5.84 Å². The largest absolute Gasteiger partial charge is 0.480 e. The van der Waals surface area contributed by atoms with Crippen molar-refractivity contribution in [2.45, 2.75) is 25.8 Å². The predicted molar refractivity (Wildman–Crippen MR) is 56.3 cm³/mol. The summed E-state index contributed by atoms with van der Waals surface area (Å²) in [5.41, 5.74) is 10.1. The summed E-state index contributed by atoms with van der Waals surface area (Å²) in [6, 6.07) is -1.94. The molecule has 0 aromatic carbocycles. The lowest BCUT2D eigenvalue weighted by Gasteiger charge is -2.04. The Kier molecular flexibility index (Phi) is 6.24. The van der Waals surface area contributed by atoms with Crippen molar-refractivity contribution >= 4 is 11.8 Å². The molecule has 5 nitrogen and oxygen atoms in total. The molecule has 0 radical (unpaired) electrons. The molecule has 92 valence electrons. The van der Waals surface area contributed by atoms with E-state index in [1.54, 1.807) is 6.92 Å². The molecule has 0 fully saturated rings. The second-order valence-electron chi connectivity index (χ2n) is 3.20. The van der Waals surface area contributed by atoms with Gasteiger partial charge in [0, 0.05) is 13.0 Å². The molecule has 0 saturated carbocycles. The van der Waals surface area contributed by atoms with Gasteiger partial charge in [0.1, 0.15) is 5.83 Å². The van der Waals surface area contributed by atoms with E-state index in [1.165, 1.54) is 0 Å².